The Bertz CT molecular complexity index is 250. The van der Waals surface area contributed by atoms with Gasteiger partial charge in [0.15, 0.2) is 0 Å². The van der Waals surface area contributed by atoms with E-state index in [1.54, 1.807) is 0 Å². The number of rotatable bonds is 6. The summed E-state index contributed by atoms with van der Waals surface area (Å²) in [6.07, 6.45) is 3.43. The molecule has 0 amide bonds. The predicted molar refractivity (Wildman–Crippen MR) is 74.3 cm³/mol. The standard InChI is InChI=1S/C14H29N3/c1-11-9-17(10-12(11)2)8-6-5-7-14(3,4)13(15)16/h11-12H,5-10H2,1-4H3,(H3,15,16). The molecule has 0 saturated carbocycles. The van der Waals surface area contributed by atoms with Gasteiger partial charge < -0.3 is 10.6 Å². The summed E-state index contributed by atoms with van der Waals surface area (Å²) in [6.45, 7) is 12.6. The number of unbranched alkanes of at least 4 members (excludes halogenated alkanes) is 1. The smallest absolute Gasteiger partial charge is 0.0963 e. The van der Waals surface area contributed by atoms with Gasteiger partial charge in [0, 0.05) is 18.5 Å². The van der Waals surface area contributed by atoms with E-state index in [4.69, 9.17) is 11.1 Å². The van der Waals surface area contributed by atoms with Gasteiger partial charge in [0.2, 0.25) is 0 Å². The summed E-state index contributed by atoms with van der Waals surface area (Å²) >= 11 is 0. The molecule has 3 nitrogen and oxygen atoms in total. The van der Waals surface area contributed by atoms with Gasteiger partial charge in [0.05, 0.1) is 5.84 Å². The van der Waals surface area contributed by atoms with Gasteiger partial charge in [-0.05, 0) is 31.2 Å². The van der Waals surface area contributed by atoms with Crippen molar-refractivity contribution >= 4 is 5.84 Å². The number of nitrogens with one attached hydrogen (secondary N) is 1. The zero-order valence-corrected chi connectivity index (χ0v) is 11.9. The van der Waals surface area contributed by atoms with Crippen LogP contribution in [-0.4, -0.2) is 30.4 Å². The highest BCUT2D eigenvalue weighted by Gasteiger charge is 2.25. The zero-order valence-electron chi connectivity index (χ0n) is 11.9. The van der Waals surface area contributed by atoms with E-state index in [0.717, 1.165) is 18.3 Å². The van der Waals surface area contributed by atoms with Crippen LogP contribution in [0, 0.1) is 22.7 Å². The van der Waals surface area contributed by atoms with Crippen LogP contribution in [0.5, 0.6) is 0 Å². The van der Waals surface area contributed by atoms with Crippen molar-refractivity contribution in [2.45, 2.75) is 47.0 Å². The SMILES string of the molecule is CC1CN(CCCCC(C)(C)C(=N)N)CC1C. The van der Waals surface area contributed by atoms with Crippen molar-refractivity contribution in [2.75, 3.05) is 19.6 Å². The molecule has 3 heteroatoms. The van der Waals surface area contributed by atoms with Crippen LogP contribution in [-0.2, 0) is 0 Å². The highest BCUT2D eigenvalue weighted by Crippen LogP contribution is 2.25. The van der Waals surface area contributed by atoms with Crippen molar-refractivity contribution in [2.24, 2.45) is 23.0 Å². The van der Waals surface area contributed by atoms with Gasteiger partial charge in [0.1, 0.15) is 0 Å². The third-order valence-electron chi connectivity index (χ3n) is 4.32. The molecular weight excluding hydrogens is 210 g/mol. The van der Waals surface area contributed by atoms with E-state index in [1.165, 1.54) is 32.5 Å². The highest BCUT2D eigenvalue weighted by molar-refractivity contribution is 5.82. The van der Waals surface area contributed by atoms with E-state index in [1.807, 2.05) is 0 Å². The van der Waals surface area contributed by atoms with E-state index in [2.05, 4.69) is 32.6 Å². The summed E-state index contributed by atoms with van der Waals surface area (Å²) in [5.74, 6) is 2.02. The monoisotopic (exact) mass is 239 g/mol. The van der Waals surface area contributed by atoms with E-state index in [0.29, 0.717) is 5.84 Å². The molecule has 17 heavy (non-hydrogen) atoms. The lowest BCUT2D eigenvalue weighted by molar-refractivity contribution is 0.306. The first-order valence-corrected chi connectivity index (χ1v) is 6.90. The molecule has 0 spiro atoms. The molecule has 1 saturated heterocycles. The normalized spacial score (nSPS) is 26.4. The number of nitrogens with two attached hydrogens (primary N) is 1. The Kier molecular flexibility index (Phi) is 4.99. The topological polar surface area (TPSA) is 53.1 Å². The first kappa shape index (κ1) is 14.5. The van der Waals surface area contributed by atoms with E-state index >= 15 is 0 Å². The van der Waals surface area contributed by atoms with Crippen LogP contribution < -0.4 is 5.73 Å². The van der Waals surface area contributed by atoms with Gasteiger partial charge >= 0.3 is 0 Å². The number of amidine groups is 1. The Balaban J connectivity index is 2.15. The molecule has 1 aliphatic heterocycles. The van der Waals surface area contributed by atoms with Crippen LogP contribution in [0.2, 0.25) is 0 Å². The maximum absolute atomic E-state index is 7.52. The first-order valence-electron chi connectivity index (χ1n) is 6.90. The fourth-order valence-corrected chi connectivity index (χ4v) is 2.47. The fraction of sp³-hybridized carbons (Fsp3) is 0.929. The van der Waals surface area contributed by atoms with Crippen molar-refractivity contribution < 1.29 is 0 Å². The summed E-state index contributed by atoms with van der Waals surface area (Å²) in [6, 6.07) is 0. The molecule has 3 N–H and O–H groups in total. The van der Waals surface area contributed by atoms with Gasteiger partial charge in [-0.2, -0.15) is 0 Å². The number of hydrogen-bond donors (Lipinski definition) is 2. The minimum absolute atomic E-state index is 0.119. The molecular formula is C14H29N3. The molecule has 1 aliphatic rings. The Morgan fingerprint density at radius 2 is 1.76 bits per heavy atom. The number of hydrogen-bond acceptors (Lipinski definition) is 2. The largest absolute Gasteiger partial charge is 0.387 e. The minimum Gasteiger partial charge on any atom is -0.387 e. The zero-order chi connectivity index (χ0) is 13.1. The van der Waals surface area contributed by atoms with Crippen LogP contribution in [0.4, 0.5) is 0 Å². The lowest BCUT2D eigenvalue weighted by Crippen LogP contribution is -2.31. The van der Waals surface area contributed by atoms with Gasteiger partial charge in [0.25, 0.3) is 0 Å². The predicted octanol–water partition coefficient (Wildman–Crippen LogP) is 2.71. The van der Waals surface area contributed by atoms with Gasteiger partial charge in [-0.3, -0.25) is 5.41 Å². The van der Waals surface area contributed by atoms with Gasteiger partial charge in [-0.15, -0.1) is 0 Å². The Morgan fingerprint density at radius 3 is 2.24 bits per heavy atom. The molecule has 0 aromatic rings. The average Bonchev–Trinajstić information content (AvgIpc) is 2.53. The van der Waals surface area contributed by atoms with E-state index < -0.39 is 0 Å². The molecule has 2 unspecified atom stereocenters. The fourth-order valence-electron chi connectivity index (χ4n) is 2.47. The third kappa shape index (κ3) is 4.30. The summed E-state index contributed by atoms with van der Waals surface area (Å²) in [5.41, 5.74) is 5.46. The van der Waals surface area contributed by atoms with Crippen LogP contribution >= 0.6 is 0 Å². The second-order valence-corrected chi connectivity index (χ2v) is 6.47. The summed E-state index contributed by atoms with van der Waals surface area (Å²) in [4.78, 5) is 2.58. The van der Waals surface area contributed by atoms with Crippen LogP contribution in [0.15, 0.2) is 0 Å². The molecule has 100 valence electrons. The van der Waals surface area contributed by atoms with Crippen molar-refractivity contribution in [1.29, 1.82) is 5.41 Å². The Hall–Kier alpha value is -0.570. The molecule has 2 atom stereocenters. The van der Waals surface area contributed by atoms with Crippen molar-refractivity contribution in [3.63, 3.8) is 0 Å². The maximum Gasteiger partial charge on any atom is 0.0963 e. The molecule has 0 bridgehead atoms. The molecule has 0 aromatic heterocycles. The van der Waals surface area contributed by atoms with Gasteiger partial charge in [-0.25, -0.2) is 0 Å². The van der Waals surface area contributed by atoms with Crippen molar-refractivity contribution in [1.82, 2.24) is 4.90 Å². The lowest BCUT2D eigenvalue weighted by Gasteiger charge is -2.23. The van der Waals surface area contributed by atoms with Gasteiger partial charge in [-0.1, -0.05) is 34.1 Å². The van der Waals surface area contributed by atoms with Crippen molar-refractivity contribution in [3.8, 4) is 0 Å². The van der Waals surface area contributed by atoms with E-state index in [9.17, 15) is 0 Å². The Morgan fingerprint density at radius 1 is 1.24 bits per heavy atom. The molecule has 1 rings (SSSR count). The minimum atomic E-state index is -0.119. The summed E-state index contributed by atoms with van der Waals surface area (Å²) in [7, 11) is 0. The summed E-state index contributed by atoms with van der Waals surface area (Å²) < 4.78 is 0. The van der Waals surface area contributed by atoms with Crippen LogP contribution in [0.3, 0.4) is 0 Å². The molecule has 1 fully saturated rings. The number of nitrogens with zero attached hydrogens (tertiary/aromatic N) is 1. The van der Waals surface area contributed by atoms with Crippen LogP contribution in [0.25, 0.3) is 0 Å². The summed E-state index contributed by atoms with van der Waals surface area (Å²) in [5, 5.41) is 7.52. The second kappa shape index (κ2) is 5.85. The Labute approximate surface area is 106 Å². The second-order valence-electron chi connectivity index (χ2n) is 6.47. The molecule has 0 radical (unpaired) electrons. The molecule has 1 heterocycles. The first-order chi connectivity index (χ1) is 7.83. The lowest BCUT2D eigenvalue weighted by atomic mass is 9.86. The molecule has 0 aromatic carbocycles. The quantitative estimate of drug-likeness (QED) is 0.425. The average molecular weight is 239 g/mol. The number of likely N-dealkylation sites (tertiary alicyclic amines) is 1. The third-order valence-corrected chi connectivity index (χ3v) is 4.32. The van der Waals surface area contributed by atoms with Crippen LogP contribution in [0.1, 0.15) is 47.0 Å². The van der Waals surface area contributed by atoms with Crippen molar-refractivity contribution in [3.05, 3.63) is 0 Å². The molecule has 0 aliphatic carbocycles. The maximum atomic E-state index is 7.52. The highest BCUT2D eigenvalue weighted by atomic mass is 15.1. The van der Waals surface area contributed by atoms with E-state index in [-0.39, 0.29) is 5.41 Å².